The molecule has 9 heteroatoms. The van der Waals surface area contributed by atoms with Crippen LogP contribution in [0.25, 0.3) is 0 Å². The lowest BCUT2D eigenvalue weighted by molar-refractivity contribution is -0.126. The van der Waals surface area contributed by atoms with Gasteiger partial charge in [-0.3, -0.25) is 9.59 Å². The third kappa shape index (κ3) is 6.18. The number of carbonyl (C=O) groups excluding carboxylic acids is 2. The highest BCUT2D eigenvalue weighted by molar-refractivity contribution is 7.89. The second kappa shape index (κ2) is 11.1. The Hall–Kier alpha value is -1.64. The molecule has 1 aliphatic heterocycles. The standard InChI is InChI=1S/C21H32ClN3O4S/c1-4-5-6-7-12-23-20(26)16-9-8-13-25(15-16)21(27)18-14-17(10-11-19(18)22)30(28,29)24(2)3/h10-11,14,16H,4-9,12-13,15H2,1-3H3,(H,23,26). The highest BCUT2D eigenvalue weighted by atomic mass is 35.5. The Balaban J connectivity index is 2.07. The fourth-order valence-corrected chi connectivity index (χ4v) is 4.62. The van der Waals surface area contributed by atoms with E-state index in [0.717, 1.165) is 36.4 Å². The van der Waals surface area contributed by atoms with Crippen molar-refractivity contribution in [1.29, 1.82) is 0 Å². The van der Waals surface area contributed by atoms with Gasteiger partial charge in [-0.15, -0.1) is 0 Å². The maximum atomic E-state index is 13.1. The van der Waals surface area contributed by atoms with Gasteiger partial charge < -0.3 is 10.2 Å². The molecule has 1 aliphatic rings. The van der Waals surface area contributed by atoms with Crippen LogP contribution in [-0.4, -0.2) is 63.2 Å². The third-order valence-electron chi connectivity index (χ3n) is 5.36. The zero-order chi connectivity index (χ0) is 22.3. The normalized spacial score (nSPS) is 17.2. The van der Waals surface area contributed by atoms with E-state index in [2.05, 4.69) is 12.2 Å². The van der Waals surface area contributed by atoms with Crippen molar-refractivity contribution >= 4 is 33.4 Å². The summed E-state index contributed by atoms with van der Waals surface area (Å²) in [6.07, 6.45) is 5.80. The highest BCUT2D eigenvalue weighted by Crippen LogP contribution is 2.26. The van der Waals surface area contributed by atoms with Crippen molar-refractivity contribution in [1.82, 2.24) is 14.5 Å². The Bertz CT molecular complexity index is 858. The van der Waals surface area contributed by atoms with Crippen LogP contribution in [0.15, 0.2) is 23.1 Å². The molecule has 0 aromatic heterocycles. The number of nitrogens with one attached hydrogen (secondary N) is 1. The average Bonchev–Trinajstić information content (AvgIpc) is 2.73. The minimum Gasteiger partial charge on any atom is -0.356 e. The first-order chi connectivity index (χ1) is 14.2. The summed E-state index contributed by atoms with van der Waals surface area (Å²) in [7, 11) is -0.818. The number of amides is 2. The van der Waals surface area contributed by atoms with E-state index in [0.29, 0.717) is 26.1 Å². The first-order valence-corrected chi connectivity index (χ1v) is 12.3. The Morgan fingerprint density at radius 2 is 1.97 bits per heavy atom. The largest absolute Gasteiger partial charge is 0.356 e. The molecule has 168 valence electrons. The molecule has 1 N–H and O–H groups in total. The molecule has 2 amide bonds. The van der Waals surface area contributed by atoms with Gasteiger partial charge in [0.05, 0.1) is 21.4 Å². The van der Waals surface area contributed by atoms with Crippen LogP contribution in [0.4, 0.5) is 0 Å². The predicted octanol–water partition coefficient (Wildman–Crippen LogP) is 3.14. The Morgan fingerprint density at radius 3 is 2.63 bits per heavy atom. The van der Waals surface area contributed by atoms with Crippen molar-refractivity contribution in [3.05, 3.63) is 28.8 Å². The molecule has 30 heavy (non-hydrogen) atoms. The van der Waals surface area contributed by atoms with Crippen LogP contribution in [0.2, 0.25) is 5.02 Å². The fourth-order valence-electron chi connectivity index (χ4n) is 3.49. The maximum Gasteiger partial charge on any atom is 0.255 e. The summed E-state index contributed by atoms with van der Waals surface area (Å²) in [5.41, 5.74) is 0.139. The number of sulfonamides is 1. The zero-order valence-electron chi connectivity index (χ0n) is 18.0. The van der Waals surface area contributed by atoms with Gasteiger partial charge in [-0.05, 0) is 37.5 Å². The number of carbonyl (C=O) groups is 2. The summed E-state index contributed by atoms with van der Waals surface area (Å²) >= 11 is 6.21. The lowest BCUT2D eigenvalue weighted by Crippen LogP contribution is -2.45. The Kier molecular flexibility index (Phi) is 9.12. The second-order valence-corrected chi connectivity index (χ2v) is 10.4. The van der Waals surface area contributed by atoms with Crippen LogP contribution in [0.1, 0.15) is 55.8 Å². The van der Waals surface area contributed by atoms with E-state index in [1.165, 1.54) is 32.3 Å². The van der Waals surface area contributed by atoms with E-state index < -0.39 is 10.0 Å². The van der Waals surface area contributed by atoms with Crippen molar-refractivity contribution in [3.63, 3.8) is 0 Å². The first kappa shape index (κ1) is 24.6. The summed E-state index contributed by atoms with van der Waals surface area (Å²) < 4.78 is 25.9. The molecular formula is C21H32ClN3O4S. The lowest BCUT2D eigenvalue weighted by atomic mass is 9.96. The van der Waals surface area contributed by atoms with Gasteiger partial charge in [0, 0.05) is 33.7 Å². The average molecular weight is 458 g/mol. The minimum atomic E-state index is -3.68. The topological polar surface area (TPSA) is 86.8 Å². The van der Waals surface area contributed by atoms with E-state index >= 15 is 0 Å². The number of rotatable bonds is 9. The lowest BCUT2D eigenvalue weighted by Gasteiger charge is -2.32. The van der Waals surface area contributed by atoms with Crippen molar-refractivity contribution in [2.45, 2.75) is 50.3 Å². The van der Waals surface area contributed by atoms with E-state index in [1.807, 2.05) is 0 Å². The summed E-state index contributed by atoms with van der Waals surface area (Å²) in [5, 5.41) is 3.17. The number of halogens is 1. The second-order valence-electron chi connectivity index (χ2n) is 7.87. The smallest absolute Gasteiger partial charge is 0.255 e. The van der Waals surface area contributed by atoms with Crippen LogP contribution in [0.3, 0.4) is 0 Å². The highest BCUT2D eigenvalue weighted by Gasteiger charge is 2.30. The minimum absolute atomic E-state index is 0.0126. The molecule has 0 bridgehead atoms. The zero-order valence-corrected chi connectivity index (χ0v) is 19.6. The van der Waals surface area contributed by atoms with Crippen molar-refractivity contribution in [2.24, 2.45) is 5.92 Å². The van der Waals surface area contributed by atoms with Gasteiger partial charge in [0.1, 0.15) is 0 Å². The number of hydrogen-bond donors (Lipinski definition) is 1. The van der Waals surface area contributed by atoms with Crippen molar-refractivity contribution in [3.8, 4) is 0 Å². The number of unbranched alkanes of at least 4 members (excludes halogenated alkanes) is 3. The van der Waals surface area contributed by atoms with Crippen LogP contribution in [-0.2, 0) is 14.8 Å². The predicted molar refractivity (Wildman–Crippen MR) is 118 cm³/mol. The number of piperidine rings is 1. The summed E-state index contributed by atoms with van der Waals surface area (Å²) in [6.45, 7) is 3.62. The number of likely N-dealkylation sites (tertiary alicyclic amines) is 1. The Morgan fingerprint density at radius 1 is 1.23 bits per heavy atom. The third-order valence-corrected chi connectivity index (χ3v) is 7.50. The molecule has 2 rings (SSSR count). The van der Waals surface area contributed by atoms with E-state index in [9.17, 15) is 18.0 Å². The van der Waals surface area contributed by atoms with Gasteiger partial charge in [0.2, 0.25) is 15.9 Å². The van der Waals surface area contributed by atoms with Gasteiger partial charge in [0.25, 0.3) is 5.91 Å². The van der Waals surface area contributed by atoms with Gasteiger partial charge in [-0.25, -0.2) is 12.7 Å². The molecule has 1 aromatic rings. The van der Waals surface area contributed by atoms with Crippen molar-refractivity contribution < 1.29 is 18.0 Å². The molecule has 0 aliphatic carbocycles. The van der Waals surface area contributed by atoms with Gasteiger partial charge in [-0.2, -0.15) is 0 Å². The molecule has 0 spiro atoms. The monoisotopic (exact) mass is 457 g/mol. The summed E-state index contributed by atoms with van der Waals surface area (Å²) in [5.74, 6) is -0.642. The number of hydrogen-bond acceptors (Lipinski definition) is 4. The molecule has 1 fully saturated rings. The van der Waals surface area contributed by atoms with Gasteiger partial charge in [0.15, 0.2) is 0 Å². The SMILES string of the molecule is CCCCCCNC(=O)C1CCCN(C(=O)c2cc(S(=O)(=O)N(C)C)ccc2Cl)C1. The van der Waals surface area contributed by atoms with Gasteiger partial charge in [-0.1, -0.05) is 37.8 Å². The Labute approximate surface area is 184 Å². The van der Waals surface area contributed by atoms with Crippen LogP contribution in [0.5, 0.6) is 0 Å². The fraction of sp³-hybridized carbons (Fsp3) is 0.619. The molecule has 0 saturated carbocycles. The first-order valence-electron chi connectivity index (χ1n) is 10.5. The summed E-state index contributed by atoms with van der Waals surface area (Å²) in [6, 6.07) is 4.13. The molecule has 1 saturated heterocycles. The molecule has 0 radical (unpaired) electrons. The molecule has 1 atom stereocenters. The van der Waals surface area contributed by atoms with E-state index in [-0.39, 0.29) is 33.2 Å². The molecule has 1 aromatic carbocycles. The molecule has 7 nitrogen and oxygen atoms in total. The quantitative estimate of drug-likeness (QED) is 0.577. The number of benzene rings is 1. The van der Waals surface area contributed by atoms with Crippen LogP contribution < -0.4 is 5.32 Å². The van der Waals surface area contributed by atoms with Crippen LogP contribution in [0, 0.1) is 5.92 Å². The molecular weight excluding hydrogens is 426 g/mol. The molecule has 1 unspecified atom stereocenters. The van der Waals surface area contributed by atoms with E-state index in [1.54, 1.807) is 4.90 Å². The summed E-state index contributed by atoms with van der Waals surface area (Å²) in [4.78, 5) is 27.2. The van der Waals surface area contributed by atoms with Crippen molar-refractivity contribution in [2.75, 3.05) is 33.7 Å². The molecule has 1 heterocycles. The number of nitrogens with zero attached hydrogens (tertiary/aromatic N) is 2. The maximum absolute atomic E-state index is 13.1. The van der Waals surface area contributed by atoms with E-state index in [4.69, 9.17) is 11.6 Å². The van der Waals surface area contributed by atoms with Crippen LogP contribution >= 0.6 is 11.6 Å². The van der Waals surface area contributed by atoms with Gasteiger partial charge >= 0.3 is 0 Å².